The summed E-state index contributed by atoms with van der Waals surface area (Å²) in [5.74, 6) is -0.555. The molecule has 4 aromatic rings. The second kappa shape index (κ2) is 10.1. The summed E-state index contributed by atoms with van der Waals surface area (Å²) in [5.41, 5.74) is 2.15. The van der Waals surface area contributed by atoms with Gasteiger partial charge in [-0.1, -0.05) is 41.9 Å². The van der Waals surface area contributed by atoms with E-state index in [0.717, 1.165) is 44.6 Å². The number of benzene rings is 2. The van der Waals surface area contributed by atoms with Gasteiger partial charge in [-0.05, 0) is 49.6 Å². The number of piperidine rings is 1. The highest BCUT2D eigenvalue weighted by molar-refractivity contribution is 6.39. The smallest absolute Gasteiger partial charge is 0.322 e. The minimum absolute atomic E-state index is 0.134. The molecule has 5 rings (SSSR count). The number of amides is 1. The van der Waals surface area contributed by atoms with Crippen LogP contribution in [-0.4, -0.2) is 38.7 Å². The van der Waals surface area contributed by atoms with Gasteiger partial charge in [-0.3, -0.25) is 9.69 Å². The number of aromatic nitrogens is 3. The van der Waals surface area contributed by atoms with Crippen LogP contribution in [0.2, 0.25) is 5.02 Å². The van der Waals surface area contributed by atoms with Gasteiger partial charge < -0.3 is 5.32 Å². The molecule has 6 nitrogen and oxygen atoms in total. The highest BCUT2D eigenvalue weighted by Crippen LogP contribution is 2.34. The van der Waals surface area contributed by atoms with Crippen molar-refractivity contribution in [3.8, 4) is 0 Å². The van der Waals surface area contributed by atoms with E-state index in [1.165, 1.54) is 23.9 Å². The van der Waals surface area contributed by atoms with Crippen molar-refractivity contribution in [3.05, 3.63) is 88.2 Å². The van der Waals surface area contributed by atoms with E-state index in [2.05, 4.69) is 27.3 Å². The largest absolute Gasteiger partial charge is 0.416 e. The topological polar surface area (TPSA) is 63.1 Å². The van der Waals surface area contributed by atoms with Crippen molar-refractivity contribution in [2.45, 2.75) is 38.5 Å². The van der Waals surface area contributed by atoms with Crippen molar-refractivity contribution in [2.24, 2.45) is 0 Å². The van der Waals surface area contributed by atoms with E-state index in [9.17, 15) is 18.0 Å². The van der Waals surface area contributed by atoms with Crippen molar-refractivity contribution in [1.29, 1.82) is 0 Å². The monoisotopic (exact) mass is 527 g/mol. The van der Waals surface area contributed by atoms with Crippen molar-refractivity contribution in [3.63, 3.8) is 0 Å². The predicted molar refractivity (Wildman–Crippen MR) is 137 cm³/mol. The molecule has 0 unspecified atom stereocenters. The van der Waals surface area contributed by atoms with E-state index in [1.54, 1.807) is 0 Å². The molecule has 3 heterocycles. The Balaban J connectivity index is 1.31. The van der Waals surface area contributed by atoms with Gasteiger partial charge in [0.2, 0.25) is 0 Å². The fourth-order valence-electron chi connectivity index (χ4n) is 4.75. The molecule has 0 saturated carbocycles. The molecule has 1 fully saturated rings. The molecule has 37 heavy (non-hydrogen) atoms. The van der Waals surface area contributed by atoms with E-state index in [-0.39, 0.29) is 22.3 Å². The van der Waals surface area contributed by atoms with Crippen LogP contribution in [0.1, 0.15) is 46.1 Å². The number of nitrogens with one attached hydrogen (secondary N) is 1. The number of pyridine rings is 1. The van der Waals surface area contributed by atoms with Gasteiger partial charge in [-0.2, -0.15) is 18.3 Å². The molecule has 2 aromatic carbocycles. The third-order valence-corrected chi connectivity index (χ3v) is 7.09. The van der Waals surface area contributed by atoms with Gasteiger partial charge >= 0.3 is 6.18 Å². The predicted octanol–water partition coefficient (Wildman–Crippen LogP) is 6.50. The maximum absolute atomic E-state index is 12.9. The summed E-state index contributed by atoms with van der Waals surface area (Å²) in [6.45, 7) is 4.60. The molecule has 0 spiro atoms. The molecule has 1 N–H and O–H groups in total. The quantitative estimate of drug-likeness (QED) is 0.322. The average molecular weight is 528 g/mol. The number of carbonyl (C=O) groups is 1. The molecule has 0 bridgehead atoms. The van der Waals surface area contributed by atoms with Crippen LogP contribution in [0.5, 0.6) is 0 Å². The molecule has 192 valence electrons. The lowest BCUT2D eigenvalue weighted by atomic mass is 10.0. The Kier molecular flexibility index (Phi) is 6.92. The van der Waals surface area contributed by atoms with Crippen LogP contribution in [0.3, 0.4) is 0 Å². The van der Waals surface area contributed by atoms with Crippen LogP contribution < -0.4 is 5.32 Å². The zero-order valence-electron chi connectivity index (χ0n) is 20.1. The fourth-order valence-corrected chi connectivity index (χ4v) is 5.11. The number of carbonyl (C=O) groups excluding carboxylic acids is 1. The summed E-state index contributed by atoms with van der Waals surface area (Å²) in [6, 6.07) is 14.8. The van der Waals surface area contributed by atoms with Crippen LogP contribution in [-0.2, 0) is 12.7 Å². The Morgan fingerprint density at radius 3 is 2.41 bits per heavy atom. The molecule has 1 aliphatic heterocycles. The Bertz CT molecular complexity index is 1410. The summed E-state index contributed by atoms with van der Waals surface area (Å²) in [6.07, 6.45) is -1.22. The van der Waals surface area contributed by atoms with Crippen LogP contribution >= 0.6 is 11.6 Å². The number of likely N-dealkylation sites (tertiary alicyclic amines) is 1. The summed E-state index contributed by atoms with van der Waals surface area (Å²) in [5, 5.41) is 8.13. The van der Waals surface area contributed by atoms with E-state index in [0.29, 0.717) is 16.7 Å². The SMILES string of the molecule is Cc1nn(C2CCN(Cc3ccccc3)CC2)c2ncc(C(=O)Nc3ccc(C(F)(F)F)cc3)c(Cl)c12. The van der Waals surface area contributed by atoms with Gasteiger partial charge in [0, 0.05) is 31.5 Å². The number of rotatable bonds is 5. The third kappa shape index (κ3) is 5.33. The first-order valence-electron chi connectivity index (χ1n) is 12.0. The van der Waals surface area contributed by atoms with Crippen LogP contribution in [0, 0.1) is 6.92 Å². The minimum atomic E-state index is -4.45. The average Bonchev–Trinajstić information content (AvgIpc) is 3.22. The van der Waals surface area contributed by atoms with E-state index >= 15 is 0 Å². The lowest BCUT2D eigenvalue weighted by molar-refractivity contribution is -0.137. The summed E-state index contributed by atoms with van der Waals surface area (Å²) >= 11 is 6.65. The van der Waals surface area contributed by atoms with E-state index in [4.69, 9.17) is 16.7 Å². The normalized spacial score (nSPS) is 15.3. The Hall–Kier alpha value is -3.43. The second-order valence-electron chi connectivity index (χ2n) is 9.24. The highest BCUT2D eigenvalue weighted by Gasteiger charge is 2.30. The zero-order valence-corrected chi connectivity index (χ0v) is 20.9. The first kappa shape index (κ1) is 25.2. The lowest BCUT2D eigenvalue weighted by Gasteiger charge is -2.32. The minimum Gasteiger partial charge on any atom is -0.322 e. The first-order valence-corrected chi connectivity index (χ1v) is 12.4. The molecule has 2 aromatic heterocycles. The standard InChI is InChI=1S/C27H25ClF3N5O/c1-17-23-24(28)22(26(37)33-20-9-7-19(8-10-20)27(29,30)31)15-32-25(23)36(34-17)21-11-13-35(14-12-21)16-18-5-3-2-4-6-18/h2-10,15,21H,11-14,16H2,1H3,(H,33,37). The summed E-state index contributed by atoms with van der Waals surface area (Å²) < 4.78 is 40.3. The lowest BCUT2D eigenvalue weighted by Crippen LogP contribution is -2.34. The van der Waals surface area contributed by atoms with E-state index < -0.39 is 17.6 Å². The van der Waals surface area contributed by atoms with Crippen molar-refractivity contribution in [1.82, 2.24) is 19.7 Å². The van der Waals surface area contributed by atoms with Crippen molar-refractivity contribution < 1.29 is 18.0 Å². The maximum atomic E-state index is 12.9. The number of nitrogens with zero attached hydrogens (tertiary/aromatic N) is 4. The number of hydrogen-bond acceptors (Lipinski definition) is 4. The highest BCUT2D eigenvalue weighted by atomic mass is 35.5. The number of alkyl halides is 3. The van der Waals surface area contributed by atoms with Crippen LogP contribution in [0.4, 0.5) is 18.9 Å². The van der Waals surface area contributed by atoms with Crippen LogP contribution in [0.15, 0.2) is 60.8 Å². The van der Waals surface area contributed by atoms with Gasteiger partial charge in [0.05, 0.1) is 33.3 Å². The summed E-state index contributed by atoms with van der Waals surface area (Å²) in [4.78, 5) is 19.8. The Morgan fingerprint density at radius 2 is 1.76 bits per heavy atom. The zero-order chi connectivity index (χ0) is 26.2. The fraction of sp³-hybridized carbons (Fsp3) is 0.296. The van der Waals surface area contributed by atoms with Crippen molar-refractivity contribution in [2.75, 3.05) is 18.4 Å². The van der Waals surface area contributed by atoms with E-state index in [1.807, 2.05) is 29.8 Å². The number of hydrogen-bond donors (Lipinski definition) is 1. The Morgan fingerprint density at radius 1 is 1.08 bits per heavy atom. The van der Waals surface area contributed by atoms with Gasteiger partial charge in [0.15, 0.2) is 5.65 Å². The molecule has 0 aliphatic carbocycles. The molecule has 1 amide bonds. The van der Waals surface area contributed by atoms with Gasteiger partial charge in [-0.25, -0.2) is 9.67 Å². The van der Waals surface area contributed by atoms with Crippen molar-refractivity contribution >= 4 is 34.2 Å². The molecule has 1 saturated heterocycles. The van der Waals surface area contributed by atoms with Gasteiger partial charge in [-0.15, -0.1) is 0 Å². The molecule has 10 heteroatoms. The molecular weight excluding hydrogens is 503 g/mol. The molecule has 1 aliphatic rings. The Labute approximate surface area is 217 Å². The van der Waals surface area contributed by atoms with Gasteiger partial charge in [0.25, 0.3) is 5.91 Å². The number of fused-ring (bicyclic) bond motifs is 1. The molecular formula is C27H25ClF3N5O. The molecule has 0 atom stereocenters. The number of anilines is 1. The molecule has 0 radical (unpaired) electrons. The first-order chi connectivity index (χ1) is 17.7. The van der Waals surface area contributed by atoms with Crippen LogP contribution in [0.25, 0.3) is 11.0 Å². The second-order valence-corrected chi connectivity index (χ2v) is 9.61. The maximum Gasteiger partial charge on any atom is 0.416 e. The number of aryl methyl sites for hydroxylation is 1. The van der Waals surface area contributed by atoms with Gasteiger partial charge in [0.1, 0.15) is 0 Å². The summed E-state index contributed by atoms with van der Waals surface area (Å²) in [7, 11) is 0. The number of halogens is 4. The third-order valence-electron chi connectivity index (χ3n) is 6.70.